The third-order valence-electron chi connectivity index (χ3n) is 8.83. The molecule has 41 heavy (non-hydrogen) atoms. The Kier molecular flexibility index (Phi) is 7.04. The normalized spacial score (nSPS) is 31.9. The molecule has 4 aromatic rings. The van der Waals surface area contributed by atoms with Gasteiger partial charge in [0.1, 0.15) is 17.8 Å². The van der Waals surface area contributed by atoms with Crippen LogP contribution in [0.2, 0.25) is 0 Å². The van der Waals surface area contributed by atoms with Crippen LogP contribution < -0.4 is 10.1 Å². The summed E-state index contributed by atoms with van der Waals surface area (Å²) in [5.41, 5.74) is -1.33. The summed E-state index contributed by atoms with van der Waals surface area (Å²) in [6.45, 7) is -0.512. The molecule has 2 heterocycles. The summed E-state index contributed by atoms with van der Waals surface area (Å²) < 4.78 is 11.3. The zero-order valence-electron chi connectivity index (χ0n) is 22.4. The fourth-order valence-corrected chi connectivity index (χ4v) is 6.79. The van der Waals surface area contributed by atoms with Gasteiger partial charge in [0.15, 0.2) is 11.9 Å². The standard InChI is InChI=1S/C30H34N2O9/c1-31-12-15-8-19(13-33)29(38,11-15)30(39)27(36)24(35)26(41-30)28(37)40-25-22(14-34)32-21-7-6-18-9-16-4-2-3-5-17(16)10-20(18)23(21)25/h2-7,9-10,15,19,24,26-27,31-36,38-39H,8,11-14H2,1H3. The molecule has 6 rings (SSSR count). The van der Waals surface area contributed by atoms with Crippen molar-refractivity contribution in [1.29, 1.82) is 0 Å². The molecule has 3 aromatic carbocycles. The molecular weight excluding hydrogens is 532 g/mol. The third kappa shape index (κ3) is 4.24. The number of aliphatic hydroxyl groups excluding tert-OH is 4. The Balaban J connectivity index is 1.36. The van der Waals surface area contributed by atoms with Crippen LogP contribution in [0, 0.1) is 11.8 Å². The molecule has 218 valence electrons. The molecule has 1 aliphatic carbocycles. The number of esters is 1. The highest BCUT2D eigenvalue weighted by molar-refractivity contribution is 6.14. The molecule has 2 fully saturated rings. The van der Waals surface area contributed by atoms with Crippen LogP contribution in [-0.4, -0.2) is 91.5 Å². The van der Waals surface area contributed by atoms with Crippen molar-refractivity contribution in [3.8, 4) is 5.75 Å². The Morgan fingerprint density at radius 1 is 1.10 bits per heavy atom. The van der Waals surface area contributed by atoms with E-state index in [0.29, 0.717) is 23.9 Å². The number of carbonyl (C=O) groups excluding carboxylic acids is 1. The fourth-order valence-electron chi connectivity index (χ4n) is 6.79. The van der Waals surface area contributed by atoms with E-state index in [0.717, 1.165) is 21.5 Å². The minimum absolute atomic E-state index is 0.0241. The van der Waals surface area contributed by atoms with E-state index in [1.54, 1.807) is 13.1 Å². The summed E-state index contributed by atoms with van der Waals surface area (Å²) in [5, 5.41) is 71.9. The van der Waals surface area contributed by atoms with Gasteiger partial charge in [-0.15, -0.1) is 0 Å². The van der Waals surface area contributed by atoms with Crippen LogP contribution in [0.15, 0.2) is 48.5 Å². The first-order valence-electron chi connectivity index (χ1n) is 13.7. The quantitative estimate of drug-likeness (QED) is 0.117. The number of benzene rings is 3. The molecule has 0 spiro atoms. The molecule has 11 heteroatoms. The second-order valence-corrected chi connectivity index (χ2v) is 11.3. The lowest BCUT2D eigenvalue weighted by molar-refractivity contribution is -0.326. The van der Waals surface area contributed by atoms with Gasteiger partial charge in [0.2, 0.25) is 5.79 Å². The zero-order valence-corrected chi connectivity index (χ0v) is 22.4. The zero-order chi connectivity index (χ0) is 29.1. The molecule has 11 nitrogen and oxygen atoms in total. The average molecular weight is 567 g/mol. The van der Waals surface area contributed by atoms with Crippen molar-refractivity contribution in [1.82, 2.24) is 10.3 Å². The molecule has 1 aliphatic heterocycles. The molecule has 1 saturated heterocycles. The number of hydrogen-bond acceptors (Lipinski definition) is 10. The van der Waals surface area contributed by atoms with E-state index in [4.69, 9.17) is 9.47 Å². The summed E-state index contributed by atoms with van der Waals surface area (Å²) >= 11 is 0. The molecule has 0 radical (unpaired) electrons. The number of hydrogen-bond donors (Lipinski definition) is 8. The van der Waals surface area contributed by atoms with Gasteiger partial charge in [-0.2, -0.15) is 0 Å². The van der Waals surface area contributed by atoms with Crippen LogP contribution in [0.3, 0.4) is 0 Å². The molecule has 8 N–H and O–H groups in total. The third-order valence-corrected chi connectivity index (χ3v) is 8.83. The summed E-state index contributed by atoms with van der Waals surface area (Å²) in [4.78, 5) is 16.6. The largest absolute Gasteiger partial charge is 0.422 e. The van der Waals surface area contributed by atoms with Gasteiger partial charge in [-0.3, -0.25) is 0 Å². The van der Waals surface area contributed by atoms with Gasteiger partial charge in [-0.25, -0.2) is 4.79 Å². The molecule has 0 bridgehead atoms. The van der Waals surface area contributed by atoms with Crippen LogP contribution >= 0.6 is 0 Å². The summed E-state index contributed by atoms with van der Waals surface area (Å²) in [5.74, 6) is -4.89. The van der Waals surface area contributed by atoms with E-state index < -0.39 is 54.8 Å². The molecular formula is C30H34N2O9. The van der Waals surface area contributed by atoms with Crippen LogP contribution in [0.4, 0.5) is 0 Å². The number of fused-ring (bicyclic) bond motifs is 4. The lowest BCUT2D eigenvalue weighted by Gasteiger charge is -2.42. The van der Waals surface area contributed by atoms with Crippen molar-refractivity contribution in [3.63, 3.8) is 0 Å². The van der Waals surface area contributed by atoms with E-state index in [1.807, 2.05) is 42.5 Å². The Morgan fingerprint density at radius 3 is 2.51 bits per heavy atom. The number of aliphatic hydroxyl groups is 6. The predicted octanol–water partition coefficient (Wildman–Crippen LogP) is 0.650. The number of H-pyrrole nitrogens is 1. The van der Waals surface area contributed by atoms with Crippen molar-refractivity contribution in [2.24, 2.45) is 11.8 Å². The molecule has 7 unspecified atom stereocenters. The van der Waals surface area contributed by atoms with Crippen LogP contribution in [0.25, 0.3) is 32.4 Å². The molecule has 1 saturated carbocycles. The highest BCUT2D eigenvalue weighted by Crippen LogP contribution is 2.51. The SMILES string of the molecule is CNCC1CC(CO)C(O)(C2(O)OC(C(=O)Oc3c(CO)[nH]c4ccc5cc6ccccc6cc5c34)C(O)C2O)C1. The number of nitrogens with one attached hydrogen (secondary N) is 2. The van der Waals surface area contributed by atoms with E-state index in [1.165, 1.54) is 0 Å². The summed E-state index contributed by atoms with van der Waals surface area (Å²) in [6.07, 6.45) is -5.59. The Labute approximate surface area is 234 Å². The fraction of sp³-hybridized carbons (Fsp3) is 0.433. The number of carbonyl (C=O) groups is 1. The molecule has 7 atom stereocenters. The predicted molar refractivity (Wildman–Crippen MR) is 149 cm³/mol. The lowest BCUT2D eigenvalue weighted by atomic mass is 9.79. The van der Waals surface area contributed by atoms with Crippen LogP contribution in [0.5, 0.6) is 5.75 Å². The number of aromatic amines is 1. The maximum atomic E-state index is 13.5. The highest BCUT2D eigenvalue weighted by Gasteiger charge is 2.70. The monoisotopic (exact) mass is 566 g/mol. The molecule has 0 amide bonds. The van der Waals surface area contributed by atoms with Crippen LogP contribution in [0.1, 0.15) is 18.5 Å². The Morgan fingerprint density at radius 2 is 1.83 bits per heavy atom. The second kappa shape index (κ2) is 10.3. The van der Waals surface area contributed by atoms with Crippen LogP contribution in [-0.2, 0) is 16.1 Å². The smallest absolute Gasteiger partial charge is 0.343 e. The first-order valence-corrected chi connectivity index (χ1v) is 13.7. The topological polar surface area (TPSA) is 185 Å². The number of ether oxygens (including phenoxy) is 2. The van der Waals surface area contributed by atoms with Gasteiger partial charge in [0.25, 0.3) is 0 Å². The minimum atomic E-state index is -2.75. The molecule has 1 aromatic heterocycles. The molecule has 2 aliphatic rings. The Hall–Kier alpha value is -3.13. The minimum Gasteiger partial charge on any atom is -0.422 e. The van der Waals surface area contributed by atoms with E-state index in [-0.39, 0.29) is 23.8 Å². The summed E-state index contributed by atoms with van der Waals surface area (Å²) in [7, 11) is 1.73. The lowest BCUT2D eigenvalue weighted by Crippen LogP contribution is -2.63. The number of aromatic nitrogens is 1. The van der Waals surface area contributed by atoms with Crippen molar-refractivity contribution in [3.05, 3.63) is 54.2 Å². The highest BCUT2D eigenvalue weighted by atomic mass is 16.7. The van der Waals surface area contributed by atoms with E-state index in [2.05, 4.69) is 10.3 Å². The van der Waals surface area contributed by atoms with Gasteiger partial charge in [0.05, 0.1) is 23.2 Å². The first-order chi connectivity index (χ1) is 19.6. The maximum Gasteiger partial charge on any atom is 0.343 e. The van der Waals surface area contributed by atoms with Crippen molar-refractivity contribution in [2.45, 2.75) is 49.1 Å². The second-order valence-electron chi connectivity index (χ2n) is 11.3. The maximum absolute atomic E-state index is 13.5. The van der Waals surface area contributed by atoms with Crippen molar-refractivity contribution in [2.75, 3.05) is 20.2 Å². The van der Waals surface area contributed by atoms with E-state index >= 15 is 0 Å². The average Bonchev–Trinajstić information content (AvgIpc) is 3.58. The Bertz CT molecular complexity index is 1620. The van der Waals surface area contributed by atoms with Gasteiger partial charge in [0, 0.05) is 12.5 Å². The number of rotatable bonds is 7. The van der Waals surface area contributed by atoms with E-state index in [9.17, 15) is 35.4 Å². The van der Waals surface area contributed by atoms with Gasteiger partial charge < -0.3 is 50.4 Å². The van der Waals surface area contributed by atoms with Gasteiger partial charge >= 0.3 is 5.97 Å². The summed E-state index contributed by atoms with van der Waals surface area (Å²) in [6, 6.07) is 15.5. The van der Waals surface area contributed by atoms with Crippen molar-refractivity contribution >= 4 is 38.4 Å². The first kappa shape index (κ1) is 28.0. The van der Waals surface area contributed by atoms with Gasteiger partial charge in [-0.05, 0) is 72.1 Å². The van der Waals surface area contributed by atoms with Crippen molar-refractivity contribution < 1.29 is 44.9 Å². The van der Waals surface area contributed by atoms with Gasteiger partial charge in [-0.1, -0.05) is 30.3 Å².